The number of ether oxygens (including phenoxy) is 3. The molecule has 0 bridgehead atoms. The summed E-state index contributed by atoms with van der Waals surface area (Å²) in [6.45, 7) is -2.86. The molecule has 0 atom stereocenters. The van der Waals surface area contributed by atoms with E-state index in [0.29, 0.717) is 29.1 Å². The van der Waals surface area contributed by atoms with Crippen molar-refractivity contribution in [3.05, 3.63) is 58.7 Å². The van der Waals surface area contributed by atoms with E-state index in [1.807, 2.05) is 0 Å². The number of allylic oxidation sites excluding steroid dienone is 1. The maximum Gasteiger partial charge on any atom is 0.387 e. The first-order valence-electron chi connectivity index (χ1n) is 7.57. The zero-order valence-electron chi connectivity index (χ0n) is 13.7. The predicted octanol–water partition coefficient (Wildman–Crippen LogP) is 4.13. The maximum absolute atomic E-state index is 12.6. The van der Waals surface area contributed by atoms with Crippen LogP contribution in [0.4, 0.5) is 8.78 Å². The summed E-state index contributed by atoms with van der Waals surface area (Å²) in [5, 5.41) is 0. The Bertz CT molecular complexity index is 826. The van der Waals surface area contributed by atoms with Gasteiger partial charge in [-0.3, -0.25) is 4.79 Å². The van der Waals surface area contributed by atoms with Crippen molar-refractivity contribution in [1.82, 2.24) is 0 Å². The maximum atomic E-state index is 12.6. The van der Waals surface area contributed by atoms with Gasteiger partial charge >= 0.3 is 6.61 Å². The van der Waals surface area contributed by atoms with Crippen molar-refractivity contribution in [2.75, 3.05) is 14.2 Å². The number of Topliss-reactive ketones (excluding diaryl/α,β-unsaturated/α-hetero) is 1. The number of rotatable bonds is 5. The highest BCUT2D eigenvalue weighted by molar-refractivity contribution is 6.15. The zero-order valence-corrected chi connectivity index (χ0v) is 13.7. The molecule has 2 aromatic rings. The topological polar surface area (TPSA) is 44.8 Å². The SMILES string of the molecule is COc1cc2c(cc1OC)C(=O)/C(=C\c1ccc(OC(F)F)cc1)C2. The van der Waals surface area contributed by atoms with Crippen molar-refractivity contribution < 1.29 is 27.8 Å². The highest BCUT2D eigenvalue weighted by atomic mass is 19.3. The number of carbonyl (C=O) groups is 1. The third kappa shape index (κ3) is 3.47. The Hall–Kier alpha value is -2.89. The van der Waals surface area contributed by atoms with Crippen LogP contribution in [-0.4, -0.2) is 26.6 Å². The molecule has 0 heterocycles. The van der Waals surface area contributed by atoms with E-state index >= 15 is 0 Å². The van der Waals surface area contributed by atoms with Crippen LogP contribution in [0.15, 0.2) is 42.0 Å². The molecule has 0 fully saturated rings. The summed E-state index contributed by atoms with van der Waals surface area (Å²) in [5.74, 6) is 1.07. The van der Waals surface area contributed by atoms with Gasteiger partial charge in [0.2, 0.25) is 0 Å². The molecular weight excluding hydrogens is 330 g/mol. The lowest BCUT2D eigenvalue weighted by Crippen LogP contribution is -2.01. The molecule has 2 aromatic carbocycles. The van der Waals surface area contributed by atoms with Gasteiger partial charge in [0.25, 0.3) is 0 Å². The van der Waals surface area contributed by atoms with Crippen molar-refractivity contribution in [1.29, 1.82) is 0 Å². The van der Waals surface area contributed by atoms with Gasteiger partial charge in [-0.25, -0.2) is 0 Å². The Morgan fingerprint density at radius 2 is 1.68 bits per heavy atom. The molecule has 0 amide bonds. The third-order valence-electron chi connectivity index (χ3n) is 3.97. The minimum absolute atomic E-state index is 0.0765. The number of carbonyl (C=O) groups excluding carboxylic acids is 1. The van der Waals surface area contributed by atoms with Crippen molar-refractivity contribution in [3.63, 3.8) is 0 Å². The molecule has 0 aromatic heterocycles. The molecule has 3 rings (SSSR count). The predicted molar refractivity (Wildman–Crippen MR) is 88.6 cm³/mol. The molecule has 130 valence electrons. The summed E-state index contributed by atoms with van der Waals surface area (Å²) >= 11 is 0. The monoisotopic (exact) mass is 346 g/mol. The molecule has 0 unspecified atom stereocenters. The number of benzene rings is 2. The first-order valence-corrected chi connectivity index (χ1v) is 7.57. The Labute approximate surface area is 143 Å². The number of alkyl halides is 2. The minimum Gasteiger partial charge on any atom is -0.493 e. The lowest BCUT2D eigenvalue weighted by molar-refractivity contribution is -0.0498. The van der Waals surface area contributed by atoms with Gasteiger partial charge in [-0.15, -0.1) is 0 Å². The molecule has 0 radical (unpaired) electrons. The molecular formula is C19H16F2O4. The van der Waals surface area contributed by atoms with Crippen molar-refractivity contribution in [2.24, 2.45) is 0 Å². The van der Waals surface area contributed by atoms with Crippen molar-refractivity contribution >= 4 is 11.9 Å². The van der Waals surface area contributed by atoms with Crippen LogP contribution in [-0.2, 0) is 6.42 Å². The number of hydrogen-bond acceptors (Lipinski definition) is 4. The number of methoxy groups -OCH3 is 2. The number of halogens is 2. The second kappa shape index (κ2) is 6.93. The van der Waals surface area contributed by atoms with Gasteiger partial charge in [0.15, 0.2) is 17.3 Å². The molecule has 1 aliphatic rings. The Morgan fingerprint density at radius 3 is 2.28 bits per heavy atom. The fraction of sp³-hybridized carbons (Fsp3) is 0.211. The Morgan fingerprint density at radius 1 is 1.04 bits per heavy atom. The number of ketones is 1. The van der Waals surface area contributed by atoms with Gasteiger partial charge < -0.3 is 14.2 Å². The molecule has 25 heavy (non-hydrogen) atoms. The molecule has 6 heteroatoms. The van der Waals surface area contributed by atoms with E-state index in [2.05, 4.69) is 4.74 Å². The van der Waals surface area contributed by atoms with E-state index < -0.39 is 6.61 Å². The lowest BCUT2D eigenvalue weighted by Gasteiger charge is -2.08. The van der Waals surface area contributed by atoms with E-state index in [4.69, 9.17) is 9.47 Å². The molecule has 1 aliphatic carbocycles. The zero-order chi connectivity index (χ0) is 18.0. The largest absolute Gasteiger partial charge is 0.493 e. The molecule has 4 nitrogen and oxygen atoms in total. The quantitative estimate of drug-likeness (QED) is 0.764. The molecule has 0 N–H and O–H groups in total. The summed E-state index contributed by atoms with van der Waals surface area (Å²) < 4.78 is 39.2. The normalized spacial score (nSPS) is 14.8. The second-order valence-corrected chi connectivity index (χ2v) is 5.49. The Kier molecular flexibility index (Phi) is 4.70. The Balaban J connectivity index is 1.87. The first-order chi connectivity index (χ1) is 12.0. The summed E-state index contributed by atoms with van der Waals surface area (Å²) in [6, 6.07) is 9.61. The minimum atomic E-state index is -2.86. The van der Waals surface area contributed by atoms with Gasteiger partial charge in [0.05, 0.1) is 14.2 Å². The summed E-state index contributed by atoms with van der Waals surface area (Å²) in [7, 11) is 3.06. The van der Waals surface area contributed by atoms with Crippen LogP contribution in [0.5, 0.6) is 17.2 Å². The van der Waals surface area contributed by atoms with E-state index in [0.717, 1.165) is 11.1 Å². The summed E-state index contributed by atoms with van der Waals surface area (Å²) in [5.41, 5.74) is 2.80. The van der Waals surface area contributed by atoms with Gasteiger partial charge in [-0.05, 0) is 41.5 Å². The van der Waals surface area contributed by atoms with Gasteiger partial charge in [0, 0.05) is 17.6 Å². The van der Waals surface area contributed by atoms with Gasteiger partial charge in [-0.2, -0.15) is 8.78 Å². The van der Waals surface area contributed by atoms with E-state index in [9.17, 15) is 13.6 Å². The lowest BCUT2D eigenvalue weighted by atomic mass is 10.1. The van der Waals surface area contributed by atoms with E-state index in [1.165, 1.54) is 19.2 Å². The average Bonchev–Trinajstić information content (AvgIpc) is 2.90. The van der Waals surface area contributed by atoms with Crippen molar-refractivity contribution in [2.45, 2.75) is 13.0 Å². The average molecular weight is 346 g/mol. The third-order valence-corrected chi connectivity index (χ3v) is 3.97. The molecule has 0 aliphatic heterocycles. The molecule has 0 saturated heterocycles. The smallest absolute Gasteiger partial charge is 0.387 e. The van der Waals surface area contributed by atoms with Crippen LogP contribution in [0.1, 0.15) is 21.5 Å². The van der Waals surface area contributed by atoms with Crippen LogP contribution < -0.4 is 14.2 Å². The number of hydrogen-bond donors (Lipinski definition) is 0. The first kappa shape index (κ1) is 17.0. The van der Waals surface area contributed by atoms with Gasteiger partial charge in [0.1, 0.15) is 5.75 Å². The van der Waals surface area contributed by atoms with Crippen LogP contribution in [0.3, 0.4) is 0 Å². The fourth-order valence-electron chi connectivity index (χ4n) is 2.80. The fourth-order valence-corrected chi connectivity index (χ4v) is 2.80. The summed E-state index contributed by atoms with van der Waals surface area (Å²) in [4.78, 5) is 12.6. The van der Waals surface area contributed by atoms with Crippen LogP contribution in [0.25, 0.3) is 6.08 Å². The highest BCUT2D eigenvalue weighted by Gasteiger charge is 2.27. The van der Waals surface area contributed by atoms with E-state index in [1.54, 1.807) is 37.5 Å². The van der Waals surface area contributed by atoms with Gasteiger partial charge in [-0.1, -0.05) is 12.1 Å². The summed E-state index contributed by atoms with van der Waals surface area (Å²) in [6.07, 6.45) is 2.22. The van der Waals surface area contributed by atoms with E-state index in [-0.39, 0.29) is 11.5 Å². The second-order valence-electron chi connectivity index (χ2n) is 5.49. The highest BCUT2D eigenvalue weighted by Crippen LogP contribution is 2.37. The van der Waals surface area contributed by atoms with Crippen molar-refractivity contribution in [3.8, 4) is 17.2 Å². The molecule has 0 spiro atoms. The molecule has 0 saturated carbocycles. The standard InChI is InChI=1S/C19H16F2O4/c1-23-16-9-12-8-13(18(22)15(12)10-17(16)24-2)7-11-3-5-14(6-4-11)25-19(20)21/h3-7,9-10,19H,8H2,1-2H3/b13-7-. The van der Waals surface area contributed by atoms with Crippen LogP contribution in [0.2, 0.25) is 0 Å². The van der Waals surface area contributed by atoms with Crippen LogP contribution in [0, 0.1) is 0 Å². The van der Waals surface area contributed by atoms with Crippen LogP contribution >= 0.6 is 0 Å². The number of fused-ring (bicyclic) bond motifs is 1.